The fourth-order valence-electron chi connectivity index (χ4n) is 0.204. The molecule has 0 radical (unpaired) electrons. The summed E-state index contributed by atoms with van der Waals surface area (Å²) in [5, 5.41) is 0. The van der Waals surface area contributed by atoms with E-state index in [0.717, 1.165) is 13.2 Å². The maximum atomic E-state index is 9.47. The molecule has 0 aromatic carbocycles. The zero-order valence-corrected chi connectivity index (χ0v) is 9.36. The molecule has 0 aromatic rings. The van der Waals surface area contributed by atoms with Gasteiger partial charge in [0.2, 0.25) is 11.8 Å². The Morgan fingerprint density at radius 3 is 1.13 bits per heavy atom. The van der Waals surface area contributed by atoms with Gasteiger partial charge in [0.1, 0.15) is 0 Å². The molecule has 0 saturated heterocycles. The molecule has 0 aliphatic rings. The average Bonchev–Trinajstić information content (AvgIpc) is 2.20. The summed E-state index contributed by atoms with van der Waals surface area (Å²) in [6.07, 6.45) is 0. The molecular formula is C8H22N4O3. The first-order valence-electron chi connectivity index (χ1n) is 4.50. The van der Waals surface area contributed by atoms with Gasteiger partial charge in [0, 0.05) is 13.2 Å². The molecule has 0 unspecified atom stereocenters. The van der Waals surface area contributed by atoms with E-state index >= 15 is 0 Å². The first-order valence-corrected chi connectivity index (χ1v) is 4.50. The molecule has 8 N–H and O–H groups in total. The van der Waals surface area contributed by atoms with Gasteiger partial charge in [-0.15, -0.1) is 0 Å². The van der Waals surface area contributed by atoms with Crippen LogP contribution >= 0.6 is 0 Å². The van der Waals surface area contributed by atoms with Gasteiger partial charge < -0.3 is 27.7 Å². The van der Waals surface area contributed by atoms with E-state index in [1.54, 1.807) is 0 Å². The molecule has 0 atom stereocenters. The Morgan fingerprint density at radius 2 is 1.13 bits per heavy atom. The summed E-state index contributed by atoms with van der Waals surface area (Å²) < 4.78 is 4.83. The summed E-state index contributed by atoms with van der Waals surface area (Å²) in [6, 6.07) is 0. The molecule has 0 saturated carbocycles. The molecule has 0 heterocycles. The quantitative estimate of drug-likeness (QED) is 0.430. The number of ether oxygens (including phenoxy) is 1. The van der Waals surface area contributed by atoms with Gasteiger partial charge in [0.25, 0.3) is 0 Å². The zero-order chi connectivity index (χ0) is 12.7. The number of primary amides is 2. The van der Waals surface area contributed by atoms with E-state index in [1.165, 1.54) is 0 Å². The highest BCUT2D eigenvalue weighted by Gasteiger charge is 1.77. The van der Waals surface area contributed by atoms with Crippen LogP contribution in [-0.4, -0.2) is 38.1 Å². The number of nitrogens with two attached hydrogens (primary N) is 4. The molecule has 0 rings (SSSR count). The van der Waals surface area contributed by atoms with E-state index in [1.807, 2.05) is 13.8 Å². The largest absolute Gasteiger partial charge is 0.382 e. The van der Waals surface area contributed by atoms with Crippen LogP contribution in [-0.2, 0) is 14.3 Å². The summed E-state index contributed by atoms with van der Waals surface area (Å²) >= 11 is 0. The van der Waals surface area contributed by atoms with Gasteiger partial charge >= 0.3 is 0 Å². The summed E-state index contributed by atoms with van der Waals surface area (Å²) in [4.78, 5) is 18.9. The standard InChI is InChI=1S/C4H10O.2C2H6N2O/c1-3-5-4-2;2*3-1-2(4)5/h3-4H2,1-2H3;2*1,3H2,(H2,4,5). The van der Waals surface area contributed by atoms with E-state index in [4.69, 9.17) is 16.2 Å². The van der Waals surface area contributed by atoms with Gasteiger partial charge in [-0.3, -0.25) is 9.59 Å². The lowest BCUT2D eigenvalue weighted by Crippen LogP contribution is -2.21. The van der Waals surface area contributed by atoms with E-state index in [0.29, 0.717) is 0 Å². The third-order valence-electron chi connectivity index (χ3n) is 0.811. The third kappa shape index (κ3) is 64.6. The van der Waals surface area contributed by atoms with Gasteiger partial charge in [0.05, 0.1) is 13.1 Å². The maximum absolute atomic E-state index is 9.47. The molecule has 0 aliphatic heterocycles. The highest BCUT2D eigenvalue weighted by Crippen LogP contribution is 1.64. The second-order valence-electron chi connectivity index (χ2n) is 2.12. The first kappa shape index (κ1) is 19.4. The predicted octanol–water partition coefficient (Wildman–Crippen LogP) is -2.10. The monoisotopic (exact) mass is 222 g/mol. The lowest BCUT2D eigenvalue weighted by molar-refractivity contribution is -0.117. The number of hydrogen-bond donors (Lipinski definition) is 4. The van der Waals surface area contributed by atoms with Crippen molar-refractivity contribution in [2.24, 2.45) is 22.9 Å². The lowest BCUT2D eigenvalue weighted by Gasteiger charge is -1.86. The van der Waals surface area contributed by atoms with Crippen molar-refractivity contribution in [2.75, 3.05) is 26.3 Å². The van der Waals surface area contributed by atoms with Gasteiger partial charge in [-0.1, -0.05) is 0 Å². The number of carbonyl (C=O) groups excluding carboxylic acids is 2. The highest BCUT2D eigenvalue weighted by atomic mass is 16.5. The highest BCUT2D eigenvalue weighted by molar-refractivity contribution is 5.75. The molecule has 7 heteroatoms. The average molecular weight is 222 g/mol. The van der Waals surface area contributed by atoms with Gasteiger partial charge in [0.15, 0.2) is 0 Å². The van der Waals surface area contributed by atoms with Crippen molar-refractivity contribution in [3.63, 3.8) is 0 Å². The third-order valence-corrected chi connectivity index (χ3v) is 0.811. The van der Waals surface area contributed by atoms with Crippen LogP contribution in [0, 0.1) is 0 Å². The van der Waals surface area contributed by atoms with E-state index < -0.39 is 11.8 Å². The molecule has 2 amide bonds. The minimum Gasteiger partial charge on any atom is -0.382 e. The SMILES string of the molecule is CCOCC.NCC(N)=O.NCC(N)=O. The molecule has 0 spiro atoms. The van der Waals surface area contributed by atoms with Crippen molar-refractivity contribution < 1.29 is 14.3 Å². The predicted molar refractivity (Wildman–Crippen MR) is 58.7 cm³/mol. The van der Waals surface area contributed by atoms with Crippen LogP contribution < -0.4 is 22.9 Å². The van der Waals surface area contributed by atoms with E-state index in [9.17, 15) is 9.59 Å². The molecule has 7 nitrogen and oxygen atoms in total. The molecular weight excluding hydrogens is 200 g/mol. The van der Waals surface area contributed by atoms with Crippen molar-refractivity contribution in [1.82, 2.24) is 0 Å². The summed E-state index contributed by atoms with van der Waals surface area (Å²) in [5.41, 5.74) is 18.4. The minimum absolute atomic E-state index is 0.0556. The Morgan fingerprint density at radius 1 is 0.933 bits per heavy atom. The lowest BCUT2D eigenvalue weighted by atomic mass is 10.7. The molecule has 0 fully saturated rings. The van der Waals surface area contributed by atoms with Crippen LogP contribution in [0.15, 0.2) is 0 Å². The normalized spacial score (nSPS) is 7.73. The fraction of sp³-hybridized carbons (Fsp3) is 0.750. The summed E-state index contributed by atoms with van der Waals surface area (Å²) in [5.74, 6) is -0.935. The Kier molecular flexibility index (Phi) is 24.0. The Hall–Kier alpha value is -1.18. The summed E-state index contributed by atoms with van der Waals surface area (Å²) in [7, 11) is 0. The van der Waals surface area contributed by atoms with E-state index in [-0.39, 0.29) is 13.1 Å². The second kappa shape index (κ2) is 18.6. The van der Waals surface area contributed by atoms with Crippen molar-refractivity contribution in [2.45, 2.75) is 13.8 Å². The van der Waals surface area contributed by atoms with Gasteiger partial charge in [-0.25, -0.2) is 0 Å². The topological polar surface area (TPSA) is 147 Å². The number of rotatable bonds is 4. The first-order chi connectivity index (χ1) is 6.95. The van der Waals surface area contributed by atoms with Gasteiger partial charge in [-0.2, -0.15) is 0 Å². The van der Waals surface area contributed by atoms with Gasteiger partial charge in [-0.05, 0) is 13.8 Å². The molecule has 15 heavy (non-hydrogen) atoms. The van der Waals surface area contributed by atoms with Crippen LogP contribution in [0.25, 0.3) is 0 Å². The Balaban J connectivity index is -0.000000144. The van der Waals surface area contributed by atoms with Crippen molar-refractivity contribution in [1.29, 1.82) is 0 Å². The second-order valence-corrected chi connectivity index (χ2v) is 2.12. The number of amides is 2. The van der Waals surface area contributed by atoms with Crippen LogP contribution in [0.3, 0.4) is 0 Å². The fourth-order valence-corrected chi connectivity index (χ4v) is 0.204. The molecule has 0 bridgehead atoms. The van der Waals surface area contributed by atoms with Crippen LogP contribution in [0.1, 0.15) is 13.8 Å². The number of hydrogen-bond acceptors (Lipinski definition) is 5. The summed E-state index contributed by atoms with van der Waals surface area (Å²) in [6.45, 7) is 5.56. The molecule has 92 valence electrons. The smallest absolute Gasteiger partial charge is 0.231 e. The molecule has 0 aromatic heterocycles. The van der Waals surface area contributed by atoms with Crippen molar-refractivity contribution in [3.8, 4) is 0 Å². The number of carbonyl (C=O) groups is 2. The zero-order valence-electron chi connectivity index (χ0n) is 9.36. The Bertz CT molecular complexity index is 137. The van der Waals surface area contributed by atoms with E-state index in [2.05, 4.69) is 11.5 Å². The molecule has 0 aliphatic carbocycles. The van der Waals surface area contributed by atoms with Crippen molar-refractivity contribution in [3.05, 3.63) is 0 Å². The van der Waals surface area contributed by atoms with Crippen LogP contribution in [0.4, 0.5) is 0 Å². The van der Waals surface area contributed by atoms with Crippen LogP contribution in [0.5, 0.6) is 0 Å². The minimum atomic E-state index is -0.468. The Labute approximate surface area is 90.1 Å². The van der Waals surface area contributed by atoms with Crippen LogP contribution in [0.2, 0.25) is 0 Å². The van der Waals surface area contributed by atoms with Crippen molar-refractivity contribution >= 4 is 11.8 Å². The maximum Gasteiger partial charge on any atom is 0.231 e.